The number of aryl methyl sites for hydroxylation is 2. The van der Waals surface area contributed by atoms with Crippen molar-refractivity contribution < 1.29 is 22.7 Å². The molecule has 0 saturated heterocycles. The lowest BCUT2D eigenvalue weighted by molar-refractivity contribution is 0.0734. The van der Waals surface area contributed by atoms with Crippen molar-refractivity contribution in [3.63, 3.8) is 0 Å². The lowest BCUT2D eigenvalue weighted by Gasteiger charge is -2.11. The van der Waals surface area contributed by atoms with Crippen molar-refractivity contribution >= 4 is 5.97 Å². The maximum absolute atomic E-state index is 14.9. The maximum Gasteiger partial charge on any atom is 0.343 e. The number of halogens is 3. The topological polar surface area (TPSA) is 26.3 Å². The lowest BCUT2D eigenvalue weighted by atomic mass is 9.97. The first-order valence-corrected chi connectivity index (χ1v) is 11.0. The molecule has 0 aliphatic rings. The van der Waals surface area contributed by atoms with E-state index in [0.29, 0.717) is 16.7 Å². The number of carbonyl (C=O) groups is 1. The van der Waals surface area contributed by atoms with Gasteiger partial charge in [0, 0.05) is 17.2 Å². The highest BCUT2D eigenvalue weighted by atomic mass is 19.2. The van der Waals surface area contributed by atoms with Crippen LogP contribution < -0.4 is 4.74 Å². The normalized spacial score (nSPS) is 10.9. The van der Waals surface area contributed by atoms with Crippen molar-refractivity contribution in [2.24, 2.45) is 0 Å². The first-order chi connectivity index (χ1) is 16.4. The van der Waals surface area contributed by atoms with E-state index in [2.05, 4.69) is 6.92 Å². The van der Waals surface area contributed by atoms with E-state index in [1.165, 1.54) is 42.5 Å². The predicted octanol–water partition coefficient (Wildman–Crippen LogP) is 7.92. The first kappa shape index (κ1) is 23.3. The summed E-state index contributed by atoms with van der Waals surface area (Å²) in [7, 11) is 0. The molecule has 0 spiro atoms. The van der Waals surface area contributed by atoms with Gasteiger partial charge in [0.1, 0.15) is 11.6 Å². The van der Waals surface area contributed by atoms with Gasteiger partial charge >= 0.3 is 5.97 Å². The molecular formula is C29H23F3O2. The minimum absolute atomic E-state index is 0.0867. The predicted molar refractivity (Wildman–Crippen MR) is 127 cm³/mol. The van der Waals surface area contributed by atoms with Crippen molar-refractivity contribution in [3.8, 4) is 28.0 Å². The minimum Gasteiger partial charge on any atom is -0.423 e. The molecule has 0 bridgehead atoms. The average Bonchev–Trinajstić information content (AvgIpc) is 2.84. The van der Waals surface area contributed by atoms with E-state index in [0.717, 1.165) is 24.5 Å². The Morgan fingerprint density at radius 2 is 1.32 bits per heavy atom. The molecule has 0 aromatic heterocycles. The Morgan fingerprint density at radius 3 is 1.85 bits per heavy atom. The van der Waals surface area contributed by atoms with E-state index < -0.39 is 23.4 Å². The second-order valence-corrected chi connectivity index (χ2v) is 8.11. The summed E-state index contributed by atoms with van der Waals surface area (Å²) in [6.45, 7) is 3.69. The molecule has 0 atom stereocenters. The number of ether oxygens (including phenoxy) is 1. The van der Waals surface area contributed by atoms with Crippen LogP contribution in [0.2, 0.25) is 0 Å². The van der Waals surface area contributed by atoms with E-state index in [1.54, 1.807) is 25.1 Å². The third-order valence-electron chi connectivity index (χ3n) is 5.67. The molecule has 0 fully saturated rings. The number of carbonyl (C=O) groups excluding carboxylic acids is 1. The minimum atomic E-state index is -0.958. The van der Waals surface area contributed by atoms with Gasteiger partial charge in [-0.25, -0.2) is 18.0 Å². The molecule has 4 aromatic carbocycles. The summed E-state index contributed by atoms with van der Waals surface area (Å²) >= 11 is 0. The quantitative estimate of drug-likeness (QED) is 0.216. The Morgan fingerprint density at radius 1 is 0.765 bits per heavy atom. The molecule has 2 nitrogen and oxygen atoms in total. The third kappa shape index (κ3) is 4.88. The monoisotopic (exact) mass is 460 g/mol. The van der Waals surface area contributed by atoms with Crippen LogP contribution in [0.25, 0.3) is 22.3 Å². The fraction of sp³-hybridized carbons (Fsp3) is 0.138. The molecule has 0 aliphatic carbocycles. The Balaban J connectivity index is 1.54. The van der Waals surface area contributed by atoms with Crippen molar-refractivity contribution in [3.05, 3.63) is 113 Å². The van der Waals surface area contributed by atoms with Gasteiger partial charge in [-0.15, -0.1) is 0 Å². The van der Waals surface area contributed by atoms with Crippen LogP contribution in [0.4, 0.5) is 13.2 Å². The van der Waals surface area contributed by atoms with Gasteiger partial charge in [0.15, 0.2) is 11.6 Å². The van der Waals surface area contributed by atoms with E-state index >= 15 is 0 Å². The second-order valence-electron chi connectivity index (χ2n) is 8.11. The van der Waals surface area contributed by atoms with Gasteiger partial charge in [0.05, 0.1) is 5.56 Å². The Hall–Kier alpha value is -3.86. The van der Waals surface area contributed by atoms with Crippen molar-refractivity contribution in [1.29, 1.82) is 0 Å². The van der Waals surface area contributed by atoms with Gasteiger partial charge in [-0.3, -0.25) is 0 Å². The van der Waals surface area contributed by atoms with Crippen LogP contribution in [0.15, 0.2) is 78.9 Å². The standard InChI is InChI=1S/C29H23F3O2/c1-3-4-19-6-8-20(9-7-19)24-15-16-25(28(32)27(24)31)21-10-12-22(13-11-21)29(33)34-23-14-5-18(2)26(30)17-23/h5-17H,3-4H2,1-2H3. The molecule has 0 radical (unpaired) electrons. The zero-order chi connectivity index (χ0) is 24.2. The van der Waals surface area contributed by atoms with Gasteiger partial charge < -0.3 is 4.74 Å². The van der Waals surface area contributed by atoms with Crippen LogP contribution >= 0.6 is 0 Å². The summed E-state index contributed by atoms with van der Waals surface area (Å²) < 4.78 is 48.7. The van der Waals surface area contributed by atoms with E-state index in [4.69, 9.17) is 4.74 Å². The Labute approximate surface area is 196 Å². The summed E-state index contributed by atoms with van der Waals surface area (Å²) in [4.78, 5) is 12.4. The molecular weight excluding hydrogens is 437 g/mol. The third-order valence-corrected chi connectivity index (χ3v) is 5.67. The number of hydrogen-bond donors (Lipinski definition) is 0. The molecule has 0 aliphatic heterocycles. The van der Waals surface area contributed by atoms with Gasteiger partial charge in [0.25, 0.3) is 0 Å². The van der Waals surface area contributed by atoms with Gasteiger partial charge in [0.2, 0.25) is 0 Å². The molecule has 172 valence electrons. The zero-order valence-electron chi connectivity index (χ0n) is 18.9. The van der Waals surface area contributed by atoms with Crippen LogP contribution in [0.3, 0.4) is 0 Å². The first-order valence-electron chi connectivity index (χ1n) is 11.0. The molecule has 5 heteroatoms. The summed E-state index contributed by atoms with van der Waals surface area (Å²) in [6.07, 6.45) is 1.94. The molecule has 0 amide bonds. The molecule has 0 N–H and O–H groups in total. The fourth-order valence-corrected chi connectivity index (χ4v) is 3.72. The average molecular weight is 460 g/mol. The number of esters is 1. The van der Waals surface area contributed by atoms with Crippen molar-refractivity contribution in [1.82, 2.24) is 0 Å². The fourth-order valence-electron chi connectivity index (χ4n) is 3.72. The summed E-state index contributed by atoms with van der Waals surface area (Å²) in [5, 5.41) is 0. The Kier molecular flexibility index (Phi) is 6.82. The SMILES string of the molecule is CCCc1ccc(-c2ccc(-c3ccc(C(=O)Oc4ccc(C)c(F)c4)cc3)c(F)c2F)cc1. The summed E-state index contributed by atoms with van der Waals surface area (Å²) in [5.74, 6) is -2.95. The molecule has 0 saturated carbocycles. The Bertz CT molecular complexity index is 1330. The van der Waals surface area contributed by atoms with Gasteiger partial charge in [-0.05, 0) is 53.8 Å². The largest absolute Gasteiger partial charge is 0.423 e. The summed E-state index contributed by atoms with van der Waals surface area (Å²) in [6, 6.07) is 20.6. The van der Waals surface area contributed by atoms with Crippen LogP contribution in [0, 0.1) is 24.4 Å². The number of benzene rings is 4. The summed E-state index contributed by atoms with van der Waals surface area (Å²) in [5.41, 5.74) is 3.09. The zero-order valence-corrected chi connectivity index (χ0v) is 18.9. The van der Waals surface area contributed by atoms with E-state index in [-0.39, 0.29) is 22.4 Å². The highest BCUT2D eigenvalue weighted by molar-refractivity contribution is 5.91. The molecule has 0 unspecified atom stereocenters. The van der Waals surface area contributed by atoms with Gasteiger partial charge in [-0.1, -0.05) is 67.9 Å². The number of hydrogen-bond acceptors (Lipinski definition) is 2. The second kappa shape index (κ2) is 9.96. The van der Waals surface area contributed by atoms with Gasteiger partial charge in [-0.2, -0.15) is 0 Å². The number of rotatable bonds is 6. The van der Waals surface area contributed by atoms with E-state index in [9.17, 15) is 18.0 Å². The van der Waals surface area contributed by atoms with Crippen LogP contribution in [0.1, 0.15) is 34.8 Å². The maximum atomic E-state index is 14.9. The molecule has 34 heavy (non-hydrogen) atoms. The highest BCUT2D eigenvalue weighted by Crippen LogP contribution is 2.32. The molecule has 4 rings (SSSR count). The van der Waals surface area contributed by atoms with Crippen LogP contribution in [-0.2, 0) is 6.42 Å². The van der Waals surface area contributed by atoms with Crippen LogP contribution in [-0.4, -0.2) is 5.97 Å². The smallest absolute Gasteiger partial charge is 0.343 e. The molecule has 0 heterocycles. The van der Waals surface area contributed by atoms with Crippen molar-refractivity contribution in [2.45, 2.75) is 26.7 Å². The highest BCUT2D eigenvalue weighted by Gasteiger charge is 2.17. The van der Waals surface area contributed by atoms with Crippen molar-refractivity contribution in [2.75, 3.05) is 0 Å². The lowest BCUT2D eigenvalue weighted by Crippen LogP contribution is -2.08. The molecule has 4 aromatic rings. The van der Waals surface area contributed by atoms with Crippen LogP contribution in [0.5, 0.6) is 5.75 Å². The van der Waals surface area contributed by atoms with E-state index in [1.807, 2.05) is 12.1 Å².